The van der Waals surface area contributed by atoms with Crippen molar-refractivity contribution in [3.63, 3.8) is 0 Å². The molecule has 0 aromatic heterocycles. The highest BCUT2D eigenvalue weighted by atomic mass is 32.2. The summed E-state index contributed by atoms with van der Waals surface area (Å²) in [5, 5.41) is 3.07. The van der Waals surface area contributed by atoms with Gasteiger partial charge in [-0.25, -0.2) is 8.42 Å². The van der Waals surface area contributed by atoms with E-state index in [1.165, 1.54) is 36.1 Å². The Morgan fingerprint density at radius 1 is 0.919 bits per heavy atom. The van der Waals surface area contributed by atoms with Gasteiger partial charge in [-0.3, -0.25) is 9.10 Å². The van der Waals surface area contributed by atoms with Gasteiger partial charge in [0.1, 0.15) is 19.8 Å². The maximum absolute atomic E-state index is 13.7. The van der Waals surface area contributed by atoms with Crippen LogP contribution in [-0.4, -0.2) is 34.1 Å². The standard InChI is InChI=1S/C29H32N2O5S/c1-2-26(23-13-12-21-8-6-7-9-22(21)18-23)30-29(32)20-31(37(33,34)25-10-4-3-5-11-25)24-14-15-27-28(19-24)36-17-16-35-27/h3-5,10-15,18-19,26H,2,6-9,16-17,20H2,1H3,(H,30,32)/t26-/m0/s1. The Kier molecular flexibility index (Phi) is 7.37. The van der Waals surface area contributed by atoms with E-state index in [0.29, 0.717) is 36.8 Å². The van der Waals surface area contributed by atoms with Crippen LogP contribution in [-0.2, 0) is 27.7 Å². The van der Waals surface area contributed by atoms with E-state index in [4.69, 9.17) is 9.47 Å². The van der Waals surface area contributed by atoms with Crippen molar-refractivity contribution < 1.29 is 22.7 Å². The summed E-state index contributed by atoms with van der Waals surface area (Å²) >= 11 is 0. The largest absolute Gasteiger partial charge is 0.486 e. The summed E-state index contributed by atoms with van der Waals surface area (Å²) in [7, 11) is -4.02. The van der Waals surface area contributed by atoms with Gasteiger partial charge in [0.25, 0.3) is 10.0 Å². The molecule has 1 atom stereocenters. The zero-order chi connectivity index (χ0) is 25.8. The minimum atomic E-state index is -4.02. The maximum Gasteiger partial charge on any atom is 0.264 e. The zero-order valence-corrected chi connectivity index (χ0v) is 21.8. The average Bonchev–Trinajstić information content (AvgIpc) is 2.94. The fourth-order valence-corrected chi connectivity index (χ4v) is 6.42. The van der Waals surface area contributed by atoms with Gasteiger partial charge in [0.15, 0.2) is 11.5 Å². The smallest absolute Gasteiger partial charge is 0.264 e. The topological polar surface area (TPSA) is 84.9 Å². The van der Waals surface area contributed by atoms with Crippen LogP contribution in [0.1, 0.15) is 48.9 Å². The van der Waals surface area contributed by atoms with E-state index in [0.717, 1.165) is 22.7 Å². The molecule has 3 aromatic carbocycles. The lowest BCUT2D eigenvalue weighted by atomic mass is 9.89. The first-order chi connectivity index (χ1) is 18.0. The Morgan fingerprint density at radius 3 is 2.41 bits per heavy atom. The number of nitrogens with one attached hydrogen (secondary N) is 1. The van der Waals surface area contributed by atoms with Crippen molar-refractivity contribution in [1.82, 2.24) is 5.32 Å². The molecule has 8 heteroatoms. The molecule has 3 aromatic rings. The summed E-state index contributed by atoms with van der Waals surface area (Å²) in [4.78, 5) is 13.5. The second-order valence-corrected chi connectivity index (χ2v) is 11.3. The number of anilines is 1. The van der Waals surface area contributed by atoms with Gasteiger partial charge in [0.05, 0.1) is 16.6 Å². The molecule has 0 bridgehead atoms. The molecule has 0 saturated heterocycles. The molecule has 1 heterocycles. The SMILES string of the molecule is CC[C@H](NC(=O)CN(c1ccc2c(c1)OCCO2)S(=O)(=O)c1ccccc1)c1ccc2c(c1)CCCC2. The van der Waals surface area contributed by atoms with Gasteiger partial charge in [-0.1, -0.05) is 43.3 Å². The van der Waals surface area contributed by atoms with E-state index < -0.39 is 10.0 Å². The number of nitrogens with zero attached hydrogens (tertiary/aromatic N) is 1. The van der Waals surface area contributed by atoms with Crippen molar-refractivity contribution >= 4 is 21.6 Å². The minimum absolute atomic E-state index is 0.111. The van der Waals surface area contributed by atoms with Crippen molar-refractivity contribution in [2.75, 3.05) is 24.1 Å². The second kappa shape index (κ2) is 10.8. The van der Waals surface area contributed by atoms with Crippen LogP contribution in [0, 0.1) is 0 Å². The highest BCUT2D eigenvalue weighted by Gasteiger charge is 2.29. The summed E-state index contributed by atoms with van der Waals surface area (Å²) in [5.41, 5.74) is 4.12. The number of carbonyl (C=O) groups excluding carboxylic acids is 1. The molecule has 5 rings (SSSR count). The molecule has 0 radical (unpaired) electrons. The van der Waals surface area contributed by atoms with Crippen LogP contribution < -0.4 is 19.1 Å². The van der Waals surface area contributed by atoms with Gasteiger partial charge in [-0.2, -0.15) is 0 Å². The number of sulfonamides is 1. The van der Waals surface area contributed by atoms with Gasteiger partial charge < -0.3 is 14.8 Å². The van der Waals surface area contributed by atoms with E-state index in [-0.39, 0.29) is 23.4 Å². The number of carbonyl (C=O) groups is 1. The van der Waals surface area contributed by atoms with Crippen LogP contribution in [0.25, 0.3) is 0 Å². The molecule has 1 amide bonds. The molecule has 0 saturated carbocycles. The fourth-order valence-electron chi connectivity index (χ4n) is 4.98. The number of benzene rings is 3. The van der Waals surface area contributed by atoms with Gasteiger partial charge in [0, 0.05) is 6.07 Å². The van der Waals surface area contributed by atoms with Gasteiger partial charge in [-0.05, 0) is 73.1 Å². The lowest BCUT2D eigenvalue weighted by Gasteiger charge is -2.27. The van der Waals surface area contributed by atoms with Gasteiger partial charge in [0.2, 0.25) is 5.91 Å². The Bertz CT molecular complexity index is 1370. The van der Waals surface area contributed by atoms with Crippen LogP contribution in [0.4, 0.5) is 5.69 Å². The van der Waals surface area contributed by atoms with Crippen molar-refractivity contribution in [3.8, 4) is 11.5 Å². The molecule has 0 unspecified atom stereocenters. The quantitative estimate of drug-likeness (QED) is 0.461. The molecule has 0 fully saturated rings. The molecule has 0 spiro atoms. The van der Waals surface area contributed by atoms with E-state index >= 15 is 0 Å². The van der Waals surface area contributed by atoms with E-state index in [1.54, 1.807) is 36.4 Å². The number of fused-ring (bicyclic) bond motifs is 2. The Hall–Kier alpha value is -3.52. The lowest BCUT2D eigenvalue weighted by molar-refractivity contribution is -0.120. The van der Waals surface area contributed by atoms with E-state index in [2.05, 4.69) is 23.5 Å². The van der Waals surface area contributed by atoms with Gasteiger partial charge >= 0.3 is 0 Å². The monoisotopic (exact) mass is 520 g/mol. The first kappa shape index (κ1) is 25.1. The minimum Gasteiger partial charge on any atom is -0.486 e. The molecule has 37 heavy (non-hydrogen) atoms. The number of rotatable bonds is 8. The molecule has 1 aliphatic carbocycles. The van der Waals surface area contributed by atoms with Crippen LogP contribution in [0.5, 0.6) is 11.5 Å². The van der Waals surface area contributed by atoms with E-state index in [9.17, 15) is 13.2 Å². The van der Waals surface area contributed by atoms with E-state index in [1.807, 2.05) is 6.92 Å². The zero-order valence-electron chi connectivity index (χ0n) is 21.0. The lowest BCUT2D eigenvalue weighted by Crippen LogP contribution is -2.42. The van der Waals surface area contributed by atoms with Crippen LogP contribution >= 0.6 is 0 Å². The molecule has 7 nitrogen and oxygen atoms in total. The highest BCUT2D eigenvalue weighted by Crippen LogP contribution is 2.36. The summed E-state index contributed by atoms with van der Waals surface area (Å²) in [6, 6.07) is 19.3. The molecular formula is C29H32N2O5S. The molecule has 194 valence electrons. The van der Waals surface area contributed by atoms with Crippen LogP contribution in [0.3, 0.4) is 0 Å². The third-order valence-corrected chi connectivity index (χ3v) is 8.74. The highest BCUT2D eigenvalue weighted by molar-refractivity contribution is 7.92. The number of hydrogen-bond acceptors (Lipinski definition) is 5. The molecule has 1 aliphatic heterocycles. The van der Waals surface area contributed by atoms with Crippen LogP contribution in [0.2, 0.25) is 0 Å². The van der Waals surface area contributed by atoms with Crippen LogP contribution in [0.15, 0.2) is 71.6 Å². The summed E-state index contributed by atoms with van der Waals surface area (Å²) in [5.74, 6) is 0.631. The third kappa shape index (κ3) is 5.44. The van der Waals surface area contributed by atoms with Crippen molar-refractivity contribution in [1.29, 1.82) is 0 Å². The Labute approximate surface area is 218 Å². The molecular weight excluding hydrogens is 488 g/mol. The van der Waals surface area contributed by atoms with Gasteiger partial charge in [-0.15, -0.1) is 0 Å². The fraction of sp³-hybridized carbons (Fsp3) is 0.345. The third-order valence-electron chi connectivity index (χ3n) is 6.95. The number of ether oxygens (including phenoxy) is 2. The first-order valence-electron chi connectivity index (χ1n) is 12.8. The second-order valence-electron chi connectivity index (χ2n) is 9.42. The first-order valence-corrected chi connectivity index (χ1v) is 14.3. The number of hydrogen-bond donors (Lipinski definition) is 1. The number of aryl methyl sites for hydroxylation is 2. The summed E-state index contributed by atoms with van der Waals surface area (Å²) in [6.45, 7) is 2.46. The summed E-state index contributed by atoms with van der Waals surface area (Å²) in [6.07, 6.45) is 5.24. The molecule has 2 aliphatic rings. The summed E-state index contributed by atoms with van der Waals surface area (Å²) < 4.78 is 39.8. The maximum atomic E-state index is 13.7. The van der Waals surface area contributed by atoms with Crippen molar-refractivity contribution in [2.45, 2.75) is 50.0 Å². The number of amides is 1. The Morgan fingerprint density at radius 2 is 1.65 bits per heavy atom. The predicted octanol–water partition coefficient (Wildman–Crippen LogP) is 4.80. The van der Waals surface area contributed by atoms with Crippen molar-refractivity contribution in [3.05, 3.63) is 83.4 Å². The predicted molar refractivity (Wildman–Crippen MR) is 143 cm³/mol. The normalized spacial score (nSPS) is 15.4. The Balaban J connectivity index is 1.42. The average molecular weight is 521 g/mol. The molecule has 1 N–H and O–H groups in total. The van der Waals surface area contributed by atoms with Crippen molar-refractivity contribution in [2.24, 2.45) is 0 Å².